The first-order valence-electron chi connectivity index (χ1n) is 12.9. The summed E-state index contributed by atoms with van der Waals surface area (Å²) in [6, 6.07) is 30.9. The summed E-state index contributed by atoms with van der Waals surface area (Å²) >= 11 is 1.41. The Labute approximate surface area is 238 Å². The number of benzene rings is 4. The van der Waals surface area contributed by atoms with Crippen molar-refractivity contribution >= 4 is 42.6 Å². The van der Waals surface area contributed by atoms with Crippen molar-refractivity contribution in [3.8, 4) is 5.75 Å². The van der Waals surface area contributed by atoms with Gasteiger partial charge >= 0.3 is 0 Å². The molecule has 0 aliphatic carbocycles. The van der Waals surface area contributed by atoms with Crippen molar-refractivity contribution in [2.75, 3.05) is 18.6 Å². The van der Waals surface area contributed by atoms with Gasteiger partial charge in [0.2, 0.25) is 10.0 Å². The van der Waals surface area contributed by atoms with Crippen LogP contribution < -0.4 is 9.64 Å². The Morgan fingerprint density at radius 1 is 0.825 bits per heavy atom. The number of hydrogen-bond acceptors (Lipinski definition) is 6. The van der Waals surface area contributed by atoms with Gasteiger partial charge in [-0.15, -0.1) is 0 Å². The van der Waals surface area contributed by atoms with Crippen molar-refractivity contribution in [3.63, 3.8) is 0 Å². The summed E-state index contributed by atoms with van der Waals surface area (Å²) < 4.78 is 34.4. The molecule has 7 nitrogen and oxygen atoms in total. The van der Waals surface area contributed by atoms with Crippen molar-refractivity contribution in [2.24, 2.45) is 0 Å². The average molecular weight is 572 g/mol. The summed E-state index contributed by atoms with van der Waals surface area (Å²) in [6.07, 6.45) is 0. The van der Waals surface area contributed by atoms with Gasteiger partial charge < -0.3 is 4.74 Å². The molecule has 5 aromatic rings. The van der Waals surface area contributed by atoms with Gasteiger partial charge in [-0.3, -0.25) is 9.69 Å². The Balaban J connectivity index is 1.45. The van der Waals surface area contributed by atoms with Gasteiger partial charge in [-0.2, -0.15) is 4.31 Å². The van der Waals surface area contributed by atoms with Crippen molar-refractivity contribution < 1.29 is 17.9 Å². The van der Waals surface area contributed by atoms with Crippen LogP contribution in [0.4, 0.5) is 5.13 Å². The number of para-hydroxylation sites is 1. The highest BCUT2D eigenvalue weighted by atomic mass is 32.2. The summed E-state index contributed by atoms with van der Waals surface area (Å²) in [5, 5.41) is 0.537. The second-order valence-corrected chi connectivity index (χ2v) is 12.2. The monoisotopic (exact) mass is 571 g/mol. The molecule has 40 heavy (non-hydrogen) atoms. The molecule has 0 saturated carbocycles. The molecule has 204 valence electrons. The van der Waals surface area contributed by atoms with Gasteiger partial charge in [0.05, 0.1) is 22.7 Å². The highest BCUT2D eigenvalue weighted by Gasteiger charge is 2.25. The van der Waals surface area contributed by atoms with Crippen LogP contribution in [0.25, 0.3) is 10.2 Å². The molecule has 5 rings (SSSR count). The molecule has 0 fully saturated rings. The van der Waals surface area contributed by atoms with E-state index in [2.05, 4.69) is 0 Å². The maximum absolute atomic E-state index is 13.9. The van der Waals surface area contributed by atoms with E-state index in [1.54, 1.807) is 24.1 Å². The zero-order valence-electron chi connectivity index (χ0n) is 22.2. The molecule has 9 heteroatoms. The van der Waals surface area contributed by atoms with Crippen LogP contribution in [0.3, 0.4) is 0 Å². The molecule has 0 radical (unpaired) electrons. The molecule has 0 aliphatic heterocycles. The largest absolute Gasteiger partial charge is 0.492 e. The molecular weight excluding hydrogens is 542 g/mol. The molecule has 0 unspecified atom stereocenters. The molecule has 0 aliphatic rings. The van der Waals surface area contributed by atoms with E-state index in [4.69, 9.17) is 9.72 Å². The lowest BCUT2D eigenvalue weighted by atomic mass is 10.1. The predicted molar refractivity (Wildman–Crippen MR) is 159 cm³/mol. The standard InChI is InChI=1S/C31H29N3O4S2/c1-3-38-27-15-10-16-28-29(27)32-31(39-28)34(22-24-13-8-5-9-14-24)30(35)25-17-19-26(20-18-25)40(36,37)33(2)21-23-11-6-4-7-12-23/h4-20H,3,21-22H2,1-2H3. The van der Waals surface area contributed by atoms with E-state index in [1.165, 1.54) is 27.8 Å². The Morgan fingerprint density at radius 3 is 2.08 bits per heavy atom. The molecule has 1 amide bonds. The van der Waals surface area contributed by atoms with Crippen LogP contribution in [-0.4, -0.2) is 37.3 Å². The lowest BCUT2D eigenvalue weighted by Gasteiger charge is -2.21. The Bertz CT molecular complexity index is 1700. The molecule has 0 saturated heterocycles. The van der Waals surface area contributed by atoms with Gasteiger partial charge in [-0.1, -0.05) is 78.1 Å². The van der Waals surface area contributed by atoms with Crippen LogP contribution in [0.2, 0.25) is 0 Å². The third-order valence-corrected chi connectivity index (χ3v) is 9.25. The van der Waals surface area contributed by atoms with E-state index in [-0.39, 0.29) is 17.3 Å². The number of sulfonamides is 1. The first-order valence-corrected chi connectivity index (χ1v) is 15.1. The van der Waals surface area contributed by atoms with Gasteiger partial charge in [0.25, 0.3) is 5.91 Å². The van der Waals surface area contributed by atoms with E-state index in [0.717, 1.165) is 15.8 Å². The van der Waals surface area contributed by atoms with Crippen molar-refractivity contribution in [1.82, 2.24) is 9.29 Å². The fourth-order valence-corrected chi connectivity index (χ4v) is 6.46. The normalized spacial score (nSPS) is 11.6. The fourth-order valence-electron chi connectivity index (χ4n) is 4.32. The number of carbonyl (C=O) groups excluding carboxylic acids is 1. The summed E-state index contributed by atoms with van der Waals surface area (Å²) in [4.78, 5) is 20.4. The van der Waals surface area contributed by atoms with Crippen LogP contribution >= 0.6 is 11.3 Å². The van der Waals surface area contributed by atoms with Gasteiger partial charge in [-0.05, 0) is 54.4 Å². The number of carbonyl (C=O) groups is 1. The Morgan fingerprint density at radius 2 is 1.45 bits per heavy atom. The molecule has 0 spiro atoms. The molecule has 4 aromatic carbocycles. The van der Waals surface area contributed by atoms with Crippen molar-refractivity contribution in [3.05, 3.63) is 120 Å². The second kappa shape index (κ2) is 12.0. The Kier molecular flexibility index (Phi) is 8.25. The number of ether oxygens (including phenoxy) is 1. The van der Waals surface area contributed by atoms with Crippen molar-refractivity contribution in [2.45, 2.75) is 24.9 Å². The van der Waals surface area contributed by atoms with Gasteiger partial charge in [-0.25, -0.2) is 13.4 Å². The highest BCUT2D eigenvalue weighted by Crippen LogP contribution is 2.35. The quantitative estimate of drug-likeness (QED) is 0.195. The summed E-state index contributed by atoms with van der Waals surface area (Å²) in [5.41, 5.74) is 2.91. The van der Waals surface area contributed by atoms with Crippen LogP contribution in [0.1, 0.15) is 28.4 Å². The third-order valence-electron chi connectivity index (χ3n) is 6.39. The molecule has 0 atom stereocenters. The van der Waals surface area contributed by atoms with Crippen LogP contribution in [-0.2, 0) is 23.1 Å². The van der Waals surface area contributed by atoms with E-state index in [1.807, 2.05) is 85.8 Å². The SMILES string of the molecule is CCOc1cccc2sc(N(Cc3ccccc3)C(=O)c3ccc(S(=O)(=O)N(C)Cc4ccccc4)cc3)nc12. The molecule has 1 aromatic heterocycles. The summed E-state index contributed by atoms with van der Waals surface area (Å²) in [5.74, 6) is 0.395. The highest BCUT2D eigenvalue weighted by molar-refractivity contribution is 7.89. The maximum atomic E-state index is 13.9. The van der Waals surface area contributed by atoms with E-state index in [9.17, 15) is 13.2 Å². The first-order chi connectivity index (χ1) is 19.4. The number of rotatable bonds is 10. The fraction of sp³-hybridized carbons (Fsp3) is 0.161. The van der Waals surface area contributed by atoms with Crippen LogP contribution in [0.15, 0.2) is 108 Å². The lowest BCUT2D eigenvalue weighted by Crippen LogP contribution is -2.30. The van der Waals surface area contributed by atoms with Gasteiger partial charge in [0.1, 0.15) is 11.3 Å². The molecule has 0 N–H and O–H groups in total. The minimum Gasteiger partial charge on any atom is -0.492 e. The third kappa shape index (κ3) is 5.91. The maximum Gasteiger partial charge on any atom is 0.260 e. The number of amides is 1. The number of nitrogens with zero attached hydrogens (tertiary/aromatic N) is 3. The number of anilines is 1. The lowest BCUT2D eigenvalue weighted by molar-refractivity contribution is 0.0985. The average Bonchev–Trinajstić information content (AvgIpc) is 3.42. The number of aromatic nitrogens is 1. The van der Waals surface area contributed by atoms with Crippen molar-refractivity contribution in [1.29, 1.82) is 0 Å². The minimum atomic E-state index is -3.74. The van der Waals surface area contributed by atoms with Crippen LogP contribution in [0.5, 0.6) is 5.75 Å². The summed E-state index contributed by atoms with van der Waals surface area (Å²) in [6.45, 7) is 2.98. The predicted octanol–water partition coefficient (Wildman–Crippen LogP) is 6.36. The molecule has 0 bridgehead atoms. The number of hydrogen-bond donors (Lipinski definition) is 0. The zero-order valence-corrected chi connectivity index (χ0v) is 23.9. The summed E-state index contributed by atoms with van der Waals surface area (Å²) in [7, 11) is -2.20. The van der Waals surface area contributed by atoms with E-state index < -0.39 is 10.0 Å². The van der Waals surface area contributed by atoms with E-state index >= 15 is 0 Å². The molecular formula is C31H29N3O4S2. The second-order valence-electron chi connectivity index (χ2n) is 9.18. The van der Waals surface area contributed by atoms with Crippen LogP contribution in [0, 0.1) is 0 Å². The number of fused-ring (bicyclic) bond motifs is 1. The zero-order chi connectivity index (χ0) is 28.1. The Hall–Kier alpha value is -4.05. The van der Waals surface area contributed by atoms with Gasteiger partial charge in [0.15, 0.2) is 5.13 Å². The molecule has 1 heterocycles. The van der Waals surface area contributed by atoms with E-state index in [0.29, 0.717) is 35.1 Å². The first kappa shape index (κ1) is 27.5. The number of thiazole rings is 1. The smallest absolute Gasteiger partial charge is 0.260 e. The minimum absolute atomic E-state index is 0.124. The van der Waals surface area contributed by atoms with Gasteiger partial charge in [0, 0.05) is 19.2 Å². The topological polar surface area (TPSA) is 79.8 Å².